The summed E-state index contributed by atoms with van der Waals surface area (Å²) in [6.45, 7) is 2.19. The van der Waals surface area contributed by atoms with E-state index in [0.29, 0.717) is 21.5 Å². The molecule has 6 heteroatoms. The Labute approximate surface area is 155 Å². The average Bonchev–Trinajstić information content (AvgIpc) is 3.06. The third-order valence-electron chi connectivity index (χ3n) is 3.55. The topological polar surface area (TPSA) is 51.5 Å². The molecule has 1 heterocycles. The zero-order valence-electron chi connectivity index (χ0n) is 13.4. The number of hydrogen-bond donors (Lipinski definition) is 1. The van der Waals surface area contributed by atoms with Gasteiger partial charge in [0.15, 0.2) is 5.76 Å². The Morgan fingerprint density at radius 3 is 2.48 bits per heavy atom. The van der Waals surface area contributed by atoms with Crippen LogP contribution in [0.5, 0.6) is 5.75 Å². The SMILES string of the molecule is Cc1ccccc1OCc1ccc(C(=O)Nc2c(Cl)cccc2Cl)o1. The van der Waals surface area contributed by atoms with E-state index in [-0.39, 0.29) is 12.4 Å². The lowest BCUT2D eigenvalue weighted by Crippen LogP contribution is -2.11. The van der Waals surface area contributed by atoms with E-state index < -0.39 is 5.91 Å². The molecule has 2 aromatic carbocycles. The molecule has 0 spiro atoms. The minimum absolute atomic E-state index is 0.152. The van der Waals surface area contributed by atoms with Crippen molar-refractivity contribution in [1.82, 2.24) is 0 Å². The quantitative estimate of drug-likeness (QED) is 0.619. The van der Waals surface area contributed by atoms with Gasteiger partial charge in [0.2, 0.25) is 0 Å². The summed E-state index contributed by atoms with van der Waals surface area (Å²) < 4.78 is 11.2. The highest BCUT2D eigenvalue weighted by Crippen LogP contribution is 2.30. The second-order valence-electron chi connectivity index (χ2n) is 5.37. The van der Waals surface area contributed by atoms with Gasteiger partial charge in [-0.05, 0) is 42.8 Å². The van der Waals surface area contributed by atoms with E-state index in [4.69, 9.17) is 32.4 Å². The first-order chi connectivity index (χ1) is 12.0. The Bertz CT molecular complexity index is 885. The van der Waals surface area contributed by atoms with Crippen LogP contribution >= 0.6 is 23.2 Å². The molecule has 1 N–H and O–H groups in total. The first kappa shape index (κ1) is 17.4. The molecule has 0 aliphatic carbocycles. The summed E-state index contributed by atoms with van der Waals surface area (Å²) in [5, 5.41) is 3.37. The second-order valence-corrected chi connectivity index (χ2v) is 6.19. The smallest absolute Gasteiger partial charge is 0.291 e. The molecule has 0 atom stereocenters. The van der Waals surface area contributed by atoms with Gasteiger partial charge in [0, 0.05) is 0 Å². The Morgan fingerprint density at radius 2 is 1.76 bits per heavy atom. The molecule has 0 bridgehead atoms. The molecule has 0 saturated carbocycles. The number of carbonyl (C=O) groups excluding carboxylic acids is 1. The highest BCUT2D eigenvalue weighted by Gasteiger charge is 2.15. The molecular weight excluding hydrogens is 361 g/mol. The summed E-state index contributed by atoms with van der Waals surface area (Å²) in [4.78, 5) is 12.3. The fourth-order valence-corrected chi connectivity index (χ4v) is 2.73. The van der Waals surface area contributed by atoms with Crippen molar-refractivity contribution in [2.75, 3.05) is 5.32 Å². The van der Waals surface area contributed by atoms with Crippen LogP contribution in [0, 0.1) is 6.92 Å². The number of furan rings is 1. The summed E-state index contributed by atoms with van der Waals surface area (Å²) >= 11 is 12.1. The molecule has 0 fully saturated rings. The van der Waals surface area contributed by atoms with Crippen LogP contribution in [-0.4, -0.2) is 5.91 Å². The van der Waals surface area contributed by atoms with Gasteiger partial charge in [-0.1, -0.05) is 47.5 Å². The molecule has 0 aliphatic rings. The first-order valence-corrected chi connectivity index (χ1v) is 8.32. The lowest BCUT2D eigenvalue weighted by atomic mass is 10.2. The van der Waals surface area contributed by atoms with E-state index in [1.54, 1.807) is 30.3 Å². The molecule has 3 aromatic rings. The van der Waals surface area contributed by atoms with Gasteiger partial charge in [-0.2, -0.15) is 0 Å². The molecule has 128 valence electrons. The number of para-hydroxylation sites is 2. The zero-order valence-corrected chi connectivity index (χ0v) is 14.9. The lowest BCUT2D eigenvalue weighted by Gasteiger charge is -2.08. The van der Waals surface area contributed by atoms with Crippen LogP contribution in [0.1, 0.15) is 21.9 Å². The number of hydrogen-bond acceptors (Lipinski definition) is 3. The molecule has 1 amide bonds. The Balaban J connectivity index is 1.67. The third-order valence-corrected chi connectivity index (χ3v) is 4.18. The fraction of sp³-hybridized carbons (Fsp3) is 0.105. The number of nitrogens with one attached hydrogen (secondary N) is 1. The molecule has 1 aromatic heterocycles. The number of anilines is 1. The molecule has 4 nitrogen and oxygen atoms in total. The maximum absolute atomic E-state index is 12.3. The highest BCUT2D eigenvalue weighted by molar-refractivity contribution is 6.39. The number of aryl methyl sites for hydroxylation is 1. The van der Waals surface area contributed by atoms with E-state index in [2.05, 4.69) is 5.32 Å². The summed E-state index contributed by atoms with van der Waals surface area (Å²) in [6, 6.07) is 16.0. The van der Waals surface area contributed by atoms with Gasteiger partial charge in [-0.25, -0.2) is 0 Å². The standard InChI is InChI=1S/C19H15Cl2NO3/c1-12-5-2-3-8-16(12)24-11-13-9-10-17(25-13)19(23)22-18-14(20)6-4-7-15(18)21/h2-10H,11H2,1H3,(H,22,23). The summed E-state index contributed by atoms with van der Waals surface area (Å²) in [5.74, 6) is 1.03. The number of benzene rings is 2. The number of carbonyl (C=O) groups is 1. The summed E-state index contributed by atoms with van der Waals surface area (Å²) in [6.07, 6.45) is 0. The monoisotopic (exact) mass is 375 g/mol. The van der Waals surface area contributed by atoms with Crippen molar-refractivity contribution in [3.8, 4) is 5.75 Å². The highest BCUT2D eigenvalue weighted by atomic mass is 35.5. The molecule has 3 rings (SSSR count). The minimum atomic E-state index is -0.433. The zero-order chi connectivity index (χ0) is 17.8. The van der Waals surface area contributed by atoms with Gasteiger partial charge in [0.1, 0.15) is 18.1 Å². The van der Waals surface area contributed by atoms with Crippen LogP contribution in [-0.2, 0) is 6.61 Å². The molecule has 0 radical (unpaired) electrons. The van der Waals surface area contributed by atoms with Crippen LogP contribution in [0.3, 0.4) is 0 Å². The van der Waals surface area contributed by atoms with Crippen molar-refractivity contribution in [2.24, 2.45) is 0 Å². The van der Waals surface area contributed by atoms with E-state index >= 15 is 0 Å². The van der Waals surface area contributed by atoms with E-state index in [1.165, 1.54) is 0 Å². The van der Waals surface area contributed by atoms with Gasteiger partial charge >= 0.3 is 0 Å². The number of halogens is 2. The van der Waals surface area contributed by atoms with Crippen LogP contribution in [0.2, 0.25) is 10.0 Å². The maximum atomic E-state index is 12.3. The van der Waals surface area contributed by atoms with Gasteiger partial charge in [-0.15, -0.1) is 0 Å². The average molecular weight is 376 g/mol. The molecular formula is C19H15Cl2NO3. The predicted octanol–water partition coefficient (Wildman–Crippen LogP) is 5.73. The first-order valence-electron chi connectivity index (χ1n) is 7.57. The predicted molar refractivity (Wildman–Crippen MR) is 98.6 cm³/mol. The van der Waals surface area contributed by atoms with Crippen LogP contribution in [0.15, 0.2) is 59.0 Å². The largest absolute Gasteiger partial charge is 0.485 e. The van der Waals surface area contributed by atoms with Crippen molar-refractivity contribution in [1.29, 1.82) is 0 Å². The van der Waals surface area contributed by atoms with Crippen molar-refractivity contribution in [2.45, 2.75) is 13.5 Å². The van der Waals surface area contributed by atoms with Gasteiger partial charge < -0.3 is 14.5 Å². The number of rotatable bonds is 5. The van der Waals surface area contributed by atoms with E-state index in [1.807, 2.05) is 31.2 Å². The maximum Gasteiger partial charge on any atom is 0.291 e. The van der Waals surface area contributed by atoms with Crippen molar-refractivity contribution in [3.63, 3.8) is 0 Å². The van der Waals surface area contributed by atoms with Crippen molar-refractivity contribution < 1.29 is 13.9 Å². The molecule has 0 saturated heterocycles. The molecule has 25 heavy (non-hydrogen) atoms. The number of amides is 1. The summed E-state index contributed by atoms with van der Waals surface area (Å²) in [7, 11) is 0. The molecule has 0 unspecified atom stereocenters. The van der Waals surface area contributed by atoms with Crippen molar-refractivity contribution >= 4 is 34.8 Å². The Kier molecular flexibility index (Phi) is 5.31. The van der Waals surface area contributed by atoms with Crippen LogP contribution < -0.4 is 10.1 Å². The Hall–Kier alpha value is -2.43. The summed E-state index contributed by atoms with van der Waals surface area (Å²) in [5.41, 5.74) is 1.38. The minimum Gasteiger partial charge on any atom is -0.485 e. The van der Waals surface area contributed by atoms with Gasteiger partial charge in [0.05, 0.1) is 15.7 Å². The van der Waals surface area contributed by atoms with Gasteiger partial charge in [0.25, 0.3) is 5.91 Å². The number of ether oxygens (including phenoxy) is 1. The second kappa shape index (κ2) is 7.64. The normalized spacial score (nSPS) is 10.5. The Morgan fingerprint density at radius 1 is 1.04 bits per heavy atom. The van der Waals surface area contributed by atoms with Crippen molar-refractivity contribution in [3.05, 3.63) is 81.7 Å². The van der Waals surface area contributed by atoms with Crippen LogP contribution in [0.4, 0.5) is 5.69 Å². The van der Waals surface area contributed by atoms with E-state index in [0.717, 1.165) is 11.3 Å². The van der Waals surface area contributed by atoms with E-state index in [9.17, 15) is 4.79 Å². The fourth-order valence-electron chi connectivity index (χ4n) is 2.24. The van der Waals surface area contributed by atoms with Gasteiger partial charge in [-0.3, -0.25) is 4.79 Å². The molecule has 0 aliphatic heterocycles. The van der Waals surface area contributed by atoms with Crippen LogP contribution in [0.25, 0.3) is 0 Å². The lowest BCUT2D eigenvalue weighted by molar-refractivity contribution is 0.0992. The third kappa shape index (κ3) is 4.16.